The molecule has 144 valence electrons. The van der Waals surface area contributed by atoms with E-state index in [4.69, 9.17) is 0 Å². The van der Waals surface area contributed by atoms with E-state index in [1.165, 1.54) is 5.56 Å². The third-order valence-electron chi connectivity index (χ3n) is 5.05. The van der Waals surface area contributed by atoms with Gasteiger partial charge in [0.1, 0.15) is 0 Å². The van der Waals surface area contributed by atoms with Gasteiger partial charge in [0, 0.05) is 31.0 Å². The Morgan fingerprint density at radius 2 is 1.61 bits per heavy atom. The minimum absolute atomic E-state index is 0.0308. The van der Waals surface area contributed by atoms with Crippen LogP contribution in [0.3, 0.4) is 0 Å². The highest BCUT2D eigenvalue weighted by atomic mass is 16.2. The van der Waals surface area contributed by atoms with E-state index in [-0.39, 0.29) is 17.7 Å². The Balaban J connectivity index is 1.36. The minimum atomic E-state index is -0.0308. The summed E-state index contributed by atoms with van der Waals surface area (Å²) in [4.78, 5) is 26.6. The summed E-state index contributed by atoms with van der Waals surface area (Å²) < 4.78 is 0. The molecule has 28 heavy (non-hydrogen) atoms. The summed E-state index contributed by atoms with van der Waals surface area (Å²) >= 11 is 0. The predicted molar refractivity (Wildman–Crippen MR) is 110 cm³/mol. The largest absolute Gasteiger partial charge is 0.345 e. The second-order valence-electron chi connectivity index (χ2n) is 7.03. The highest BCUT2D eigenvalue weighted by Crippen LogP contribution is 2.18. The van der Waals surface area contributed by atoms with E-state index < -0.39 is 0 Å². The van der Waals surface area contributed by atoms with Crippen LogP contribution >= 0.6 is 0 Å². The molecule has 2 aromatic rings. The standard InChI is InChI=1S/C24H26N2O2/c27-23(14-13-21-10-5-2-6-11-21)26-18-15-22(16-19-26)24(28)25-17-7-12-20-8-3-1-4-9-20/h1-6,8-11,22H,13-19H2,(H,25,28). The van der Waals surface area contributed by atoms with Crippen LogP contribution in [-0.4, -0.2) is 36.3 Å². The van der Waals surface area contributed by atoms with Crippen molar-refractivity contribution in [3.05, 3.63) is 71.8 Å². The number of rotatable bonds is 5. The fraction of sp³-hybridized carbons (Fsp3) is 0.333. The van der Waals surface area contributed by atoms with Gasteiger partial charge in [-0.2, -0.15) is 0 Å². The normalized spacial score (nSPS) is 14.1. The highest BCUT2D eigenvalue weighted by molar-refractivity contribution is 5.80. The molecule has 0 aromatic heterocycles. The maximum Gasteiger partial charge on any atom is 0.223 e. The molecule has 2 amide bonds. The van der Waals surface area contributed by atoms with Crippen LogP contribution < -0.4 is 5.32 Å². The van der Waals surface area contributed by atoms with E-state index >= 15 is 0 Å². The molecule has 1 heterocycles. The lowest BCUT2D eigenvalue weighted by molar-refractivity contribution is -0.135. The first-order chi connectivity index (χ1) is 13.7. The zero-order valence-electron chi connectivity index (χ0n) is 16.1. The molecule has 1 saturated heterocycles. The molecular weight excluding hydrogens is 348 g/mol. The molecule has 0 radical (unpaired) electrons. The molecule has 0 spiro atoms. The summed E-state index contributed by atoms with van der Waals surface area (Å²) in [5.41, 5.74) is 2.13. The first-order valence-corrected chi connectivity index (χ1v) is 9.86. The number of hydrogen-bond acceptors (Lipinski definition) is 2. The Kier molecular flexibility index (Phi) is 7.26. The maximum absolute atomic E-state index is 12.4. The van der Waals surface area contributed by atoms with Crippen molar-refractivity contribution < 1.29 is 9.59 Å². The lowest BCUT2D eigenvalue weighted by atomic mass is 9.95. The van der Waals surface area contributed by atoms with Crippen molar-refractivity contribution in [1.82, 2.24) is 10.2 Å². The SMILES string of the molecule is O=C(NCC#Cc1ccccc1)C1CCN(C(=O)CCc2ccccc2)CC1. The molecule has 0 saturated carbocycles. The second kappa shape index (κ2) is 10.3. The van der Waals surface area contributed by atoms with Crippen LogP contribution in [0.25, 0.3) is 0 Å². The minimum Gasteiger partial charge on any atom is -0.345 e. The van der Waals surface area contributed by atoms with Crippen LogP contribution in [0.2, 0.25) is 0 Å². The van der Waals surface area contributed by atoms with Crippen LogP contribution in [0.1, 0.15) is 30.4 Å². The summed E-state index contributed by atoms with van der Waals surface area (Å²) in [6.07, 6.45) is 2.72. The van der Waals surface area contributed by atoms with Crippen molar-refractivity contribution in [1.29, 1.82) is 0 Å². The predicted octanol–water partition coefficient (Wildman–Crippen LogP) is 3.03. The Morgan fingerprint density at radius 1 is 0.964 bits per heavy atom. The van der Waals surface area contributed by atoms with E-state index in [0.717, 1.165) is 24.8 Å². The molecule has 1 N–H and O–H groups in total. The lowest BCUT2D eigenvalue weighted by Gasteiger charge is -2.31. The summed E-state index contributed by atoms with van der Waals surface area (Å²) in [6, 6.07) is 19.8. The van der Waals surface area contributed by atoms with E-state index in [1.807, 2.05) is 65.6 Å². The summed E-state index contributed by atoms with van der Waals surface area (Å²) in [7, 11) is 0. The van der Waals surface area contributed by atoms with Gasteiger partial charge in [0.25, 0.3) is 0 Å². The Morgan fingerprint density at radius 3 is 2.29 bits per heavy atom. The number of aryl methyl sites for hydroxylation is 1. The van der Waals surface area contributed by atoms with E-state index in [2.05, 4.69) is 17.2 Å². The number of nitrogens with zero attached hydrogens (tertiary/aromatic N) is 1. The van der Waals surface area contributed by atoms with Crippen LogP contribution in [0.4, 0.5) is 0 Å². The van der Waals surface area contributed by atoms with E-state index in [9.17, 15) is 9.59 Å². The molecule has 2 aromatic carbocycles. The Hall–Kier alpha value is -3.06. The molecule has 0 unspecified atom stereocenters. The van der Waals surface area contributed by atoms with Gasteiger partial charge in [0.2, 0.25) is 11.8 Å². The lowest BCUT2D eigenvalue weighted by Crippen LogP contribution is -2.43. The molecule has 1 fully saturated rings. The van der Waals surface area contributed by atoms with Crippen molar-refractivity contribution in [2.45, 2.75) is 25.7 Å². The second-order valence-corrected chi connectivity index (χ2v) is 7.03. The third-order valence-corrected chi connectivity index (χ3v) is 5.05. The molecule has 4 heteroatoms. The van der Waals surface area contributed by atoms with Crippen LogP contribution in [0, 0.1) is 17.8 Å². The number of carbonyl (C=O) groups is 2. The van der Waals surface area contributed by atoms with Crippen molar-refractivity contribution in [3.63, 3.8) is 0 Å². The Labute approximate surface area is 166 Å². The van der Waals surface area contributed by atoms with E-state index in [0.29, 0.717) is 26.1 Å². The van der Waals surface area contributed by atoms with Gasteiger partial charge >= 0.3 is 0 Å². The van der Waals surface area contributed by atoms with Gasteiger partial charge in [0.05, 0.1) is 6.54 Å². The maximum atomic E-state index is 12.4. The molecule has 4 nitrogen and oxygen atoms in total. The van der Waals surface area contributed by atoms with E-state index in [1.54, 1.807) is 0 Å². The number of likely N-dealkylation sites (tertiary alicyclic amines) is 1. The fourth-order valence-electron chi connectivity index (χ4n) is 3.39. The van der Waals surface area contributed by atoms with Gasteiger partial charge in [-0.3, -0.25) is 9.59 Å². The van der Waals surface area contributed by atoms with Gasteiger partial charge < -0.3 is 10.2 Å². The molecular formula is C24H26N2O2. The average molecular weight is 374 g/mol. The van der Waals surface area contributed by atoms with Crippen LogP contribution in [0.15, 0.2) is 60.7 Å². The molecule has 3 rings (SSSR count). The smallest absolute Gasteiger partial charge is 0.223 e. The topological polar surface area (TPSA) is 49.4 Å². The first kappa shape index (κ1) is 19.7. The third kappa shape index (κ3) is 5.99. The Bertz CT molecular complexity index is 829. The number of benzene rings is 2. The number of carbonyl (C=O) groups excluding carboxylic acids is 2. The molecule has 0 atom stereocenters. The number of piperidine rings is 1. The fourth-order valence-corrected chi connectivity index (χ4v) is 3.39. The van der Waals surface area contributed by atoms with Crippen molar-refractivity contribution in [3.8, 4) is 11.8 Å². The molecule has 0 bridgehead atoms. The van der Waals surface area contributed by atoms with Crippen molar-refractivity contribution >= 4 is 11.8 Å². The summed E-state index contributed by atoms with van der Waals surface area (Å²) in [5, 5.41) is 2.90. The zero-order chi connectivity index (χ0) is 19.6. The van der Waals surface area contributed by atoms with Gasteiger partial charge in [-0.05, 0) is 37.0 Å². The van der Waals surface area contributed by atoms with Crippen LogP contribution in [-0.2, 0) is 16.0 Å². The monoisotopic (exact) mass is 374 g/mol. The highest BCUT2D eigenvalue weighted by Gasteiger charge is 2.26. The van der Waals surface area contributed by atoms with Gasteiger partial charge in [-0.1, -0.05) is 60.4 Å². The summed E-state index contributed by atoms with van der Waals surface area (Å²) in [5.74, 6) is 6.21. The molecule has 0 aliphatic carbocycles. The quantitative estimate of drug-likeness (QED) is 0.818. The zero-order valence-corrected chi connectivity index (χ0v) is 16.1. The molecule has 1 aliphatic rings. The van der Waals surface area contributed by atoms with Crippen molar-refractivity contribution in [2.75, 3.05) is 19.6 Å². The number of amides is 2. The first-order valence-electron chi connectivity index (χ1n) is 9.86. The van der Waals surface area contributed by atoms with Gasteiger partial charge in [-0.25, -0.2) is 0 Å². The van der Waals surface area contributed by atoms with Gasteiger partial charge in [0.15, 0.2) is 0 Å². The average Bonchev–Trinajstić information content (AvgIpc) is 2.76. The van der Waals surface area contributed by atoms with Crippen LogP contribution in [0.5, 0.6) is 0 Å². The molecule has 1 aliphatic heterocycles. The van der Waals surface area contributed by atoms with Gasteiger partial charge in [-0.15, -0.1) is 0 Å². The number of hydrogen-bond donors (Lipinski definition) is 1. The van der Waals surface area contributed by atoms with Crippen molar-refractivity contribution in [2.24, 2.45) is 5.92 Å². The number of nitrogens with one attached hydrogen (secondary N) is 1. The summed E-state index contributed by atoms with van der Waals surface area (Å²) in [6.45, 7) is 1.66.